The summed E-state index contributed by atoms with van der Waals surface area (Å²) in [6.45, 7) is 2.39. The molecule has 1 aromatic heterocycles. The van der Waals surface area contributed by atoms with E-state index in [9.17, 15) is 14.9 Å². The van der Waals surface area contributed by atoms with Crippen molar-refractivity contribution in [1.29, 1.82) is 0 Å². The Labute approximate surface area is 166 Å². The SMILES string of the molecule is O=C(c1cccc(Cl)c1)N1CCN(c2ccc([N+](=O)[O-])c3ncccc23)CC1. The molecule has 28 heavy (non-hydrogen) atoms. The van der Waals surface area contributed by atoms with Crippen LogP contribution < -0.4 is 4.90 Å². The third-order valence-electron chi connectivity index (χ3n) is 4.90. The van der Waals surface area contributed by atoms with Crippen LogP contribution in [0.25, 0.3) is 10.9 Å². The average Bonchev–Trinajstić information content (AvgIpc) is 2.72. The number of benzene rings is 2. The average molecular weight is 397 g/mol. The molecule has 0 bridgehead atoms. The van der Waals surface area contributed by atoms with Crippen LogP contribution in [-0.2, 0) is 0 Å². The van der Waals surface area contributed by atoms with E-state index >= 15 is 0 Å². The van der Waals surface area contributed by atoms with Gasteiger partial charge in [-0.1, -0.05) is 17.7 Å². The van der Waals surface area contributed by atoms with Crippen LogP contribution in [0.15, 0.2) is 54.7 Å². The number of pyridine rings is 1. The highest BCUT2D eigenvalue weighted by molar-refractivity contribution is 6.30. The van der Waals surface area contributed by atoms with Crippen LogP contribution in [0.5, 0.6) is 0 Å². The smallest absolute Gasteiger partial charge is 0.295 e. The van der Waals surface area contributed by atoms with E-state index in [1.54, 1.807) is 47.5 Å². The summed E-state index contributed by atoms with van der Waals surface area (Å²) in [6, 6.07) is 13.8. The fourth-order valence-electron chi connectivity index (χ4n) is 3.52. The molecule has 1 saturated heterocycles. The minimum absolute atomic E-state index is 0.00544. The highest BCUT2D eigenvalue weighted by Crippen LogP contribution is 2.32. The number of nitro benzene ring substituents is 1. The molecular formula is C20H17ClN4O3. The monoisotopic (exact) mass is 396 g/mol. The summed E-state index contributed by atoms with van der Waals surface area (Å²) in [6.07, 6.45) is 1.56. The number of anilines is 1. The van der Waals surface area contributed by atoms with Crippen molar-refractivity contribution < 1.29 is 9.72 Å². The molecular weight excluding hydrogens is 380 g/mol. The molecule has 2 heterocycles. The number of amides is 1. The van der Waals surface area contributed by atoms with E-state index in [0.717, 1.165) is 11.1 Å². The molecule has 4 rings (SSSR count). The van der Waals surface area contributed by atoms with Gasteiger partial charge in [0.2, 0.25) is 0 Å². The summed E-state index contributed by atoms with van der Waals surface area (Å²) >= 11 is 5.99. The van der Waals surface area contributed by atoms with Gasteiger partial charge in [0, 0.05) is 60.1 Å². The fourth-order valence-corrected chi connectivity index (χ4v) is 3.71. The zero-order valence-electron chi connectivity index (χ0n) is 14.9. The fraction of sp³-hybridized carbons (Fsp3) is 0.200. The van der Waals surface area contributed by atoms with Gasteiger partial charge >= 0.3 is 0 Å². The lowest BCUT2D eigenvalue weighted by atomic mass is 10.1. The van der Waals surface area contributed by atoms with Crippen LogP contribution in [-0.4, -0.2) is 46.9 Å². The number of fused-ring (bicyclic) bond motifs is 1. The first-order valence-corrected chi connectivity index (χ1v) is 9.24. The lowest BCUT2D eigenvalue weighted by molar-refractivity contribution is -0.383. The molecule has 7 nitrogen and oxygen atoms in total. The second-order valence-electron chi connectivity index (χ2n) is 6.55. The summed E-state index contributed by atoms with van der Waals surface area (Å²) in [5.41, 5.74) is 1.84. The number of nitrogens with zero attached hydrogens (tertiary/aromatic N) is 4. The maximum absolute atomic E-state index is 12.7. The van der Waals surface area contributed by atoms with E-state index in [4.69, 9.17) is 11.6 Å². The number of nitro groups is 1. The molecule has 0 spiro atoms. The van der Waals surface area contributed by atoms with E-state index in [1.165, 1.54) is 6.07 Å². The minimum Gasteiger partial charge on any atom is -0.367 e. The van der Waals surface area contributed by atoms with E-state index in [1.807, 2.05) is 6.07 Å². The molecule has 1 amide bonds. The largest absolute Gasteiger partial charge is 0.367 e. The number of carbonyl (C=O) groups excluding carboxylic acids is 1. The van der Waals surface area contributed by atoms with Crippen LogP contribution in [0, 0.1) is 10.1 Å². The Bertz CT molecular complexity index is 1060. The molecule has 0 N–H and O–H groups in total. The number of hydrogen-bond donors (Lipinski definition) is 0. The topological polar surface area (TPSA) is 79.6 Å². The number of rotatable bonds is 3. The molecule has 2 aromatic carbocycles. The van der Waals surface area contributed by atoms with Crippen LogP contribution in [0.1, 0.15) is 10.4 Å². The lowest BCUT2D eigenvalue weighted by Gasteiger charge is -2.36. The molecule has 0 aliphatic carbocycles. The maximum Gasteiger partial charge on any atom is 0.295 e. The van der Waals surface area contributed by atoms with Gasteiger partial charge in [0.15, 0.2) is 0 Å². The van der Waals surface area contributed by atoms with Crippen LogP contribution >= 0.6 is 11.6 Å². The third-order valence-corrected chi connectivity index (χ3v) is 5.14. The highest BCUT2D eigenvalue weighted by atomic mass is 35.5. The Morgan fingerprint density at radius 2 is 1.86 bits per heavy atom. The Kier molecular flexibility index (Phi) is 4.83. The zero-order chi connectivity index (χ0) is 19.7. The van der Waals surface area contributed by atoms with Gasteiger partial charge in [0.05, 0.1) is 4.92 Å². The molecule has 1 aliphatic rings. The van der Waals surface area contributed by atoms with Crippen molar-refractivity contribution in [2.24, 2.45) is 0 Å². The Morgan fingerprint density at radius 3 is 2.57 bits per heavy atom. The second kappa shape index (κ2) is 7.44. The summed E-state index contributed by atoms with van der Waals surface area (Å²) in [4.78, 5) is 31.7. The molecule has 1 aliphatic heterocycles. The zero-order valence-corrected chi connectivity index (χ0v) is 15.7. The third kappa shape index (κ3) is 3.36. The summed E-state index contributed by atoms with van der Waals surface area (Å²) in [5, 5.41) is 12.6. The number of piperazine rings is 1. The molecule has 142 valence electrons. The van der Waals surface area contributed by atoms with Gasteiger partial charge < -0.3 is 9.80 Å². The number of aromatic nitrogens is 1. The summed E-state index contributed by atoms with van der Waals surface area (Å²) < 4.78 is 0. The van der Waals surface area contributed by atoms with Gasteiger partial charge in [-0.15, -0.1) is 0 Å². The van der Waals surface area contributed by atoms with Crippen LogP contribution in [0.3, 0.4) is 0 Å². The van der Waals surface area contributed by atoms with Crippen LogP contribution in [0.4, 0.5) is 11.4 Å². The Balaban J connectivity index is 1.55. The van der Waals surface area contributed by atoms with Crippen molar-refractivity contribution >= 4 is 39.8 Å². The van der Waals surface area contributed by atoms with Crippen molar-refractivity contribution in [3.05, 3.63) is 75.4 Å². The molecule has 0 unspecified atom stereocenters. The molecule has 0 radical (unpaired) electrons. The van der Waals surface area contributed by atoms with Gasteiger partial charge in [-0.3, -0.25) is 14.9 Å². The molecule has 0 saturated carbocycles. The van der Waals surface area contributed by atoms with Crippen molar-refractivity contribution in [2.45, 2.75) is 0 Å². The Morgan fingerprint density at radius 1 is 1.07 bits per heavy atom. The normalized spacial score (nSPS) is 14.3. The molecule has 1 fully saturated rings. The van der Waals surface area contributed by atoms with E-state index in [2.05, 4.69) is 9.88 Å². The van der Waals surface area contributed by atoms with Gasteiger partial charge in [-0.25, -0.2) is 4.98 Å². The van der Waals surface area contributed by atoms with E-state index in [-0.39, 0.29) is 11.6 Å². The standard InChI is InChI=1S/C20H17ClN4O3/c21-15-4-1-3-14(13-15)20(26)24-11-9-23(10-12-24)17-6-7-18(25(27)28)19-16(17)5-2-8-22-19/h1-8,13H,9-12H2. The lowest BCUT2D eigenvalue weighted by Crippen LogP contribution is -2.48. The van der Waals surface area contributed by atoms with Gasteiger partial charge in [-0.2, -0.15) is 0 Å². The molecule has 3 aromatic rings. The molecule has 8 heteroatoms. The summed E-state index contributed by atoms with van der Waals surface area (Å²) in [5.74, 6) is -0.0441. The number of carbonyl (C=O) groups is 1. The number of non-ortho nitro benzene ring substituents is 1. The summed E-state index contributed by atoms with van der Waals surface area (Å²) in [7, 11) is 0. The van der Waals surface area contributed by atoms with Gasteiger partial charge in [0.25, 0.3) is 11.6 Å². The number of halogens is 1. The Hall–Kier alpha value is -3.19. The van der Waals surface area contributed by atoms with E-state index < -0.39 is 4.92 Å². The highest BCUT2D eigenvalue weighted by Gasteiger charge is 2.25. The maximum atomic E-state index is 12.7. The minimum atomic E-state index is -0.416. The number of hydrogen-bond acceptors (Lipinski definition) is 5. The predicted octanol–water partition coefficient (Wildman–Crippen LogP) is 3.76. The molecule has 0 atom stereocenters. The van der Waals surface area contributed by atoms with Crippen LogP contribution in [0.2, 0.25) is 5.02 Å². The second-order valence-corrected chi connectivity index (χ2v) is 6.99. The van der Waals surface area contributed by atoms with Crippen molar-refractivity contribution in [1.82, 2.24) is 9.88 Å². The quantitative estimate of drug-likeness (QED) is 0.497. The van der Waals surface area contributed by atoms with Gasteiger partial charge in [0.1, 0.15) is 5.52 Å². The first-order valence-electron chi connectivity index (χ1n) is 8.86. The predicted molar refractivity (Wildman–Crippen MR) is 108 cm³/mol. The van der Waals surface area contributed by atoms with Crippen molar-refractivity contribution in [3.8, 4) is 0 Å². The van der Waals surface area contributed by atoms with Crippen molar-refractivity contribution in [2.75, 3.05) is 31.1 Å². The first kappa shape index (κ1) is 18.2. The van der Waals surface area contributed by atoms with E-state index in [0.29, 0.717) is 42.3 Å². The van der Waals surface area contributed by atoms with Crippen molar-refractivity contribution in [3.63, 3.8) is 0 Å². The first-order chi connectivity index (χ1) is 13.5. The van der Waals surface area contributed by atoms with Gasteiger partial charge in [-0.05, 0) is 36.4 Å².